The van der Waals surface area contributed by atoms with Crippen LogP contribution in [0.4, 0.5) is 0 Å². The number of nitrogens with zero attached hydrogens (tertiary/aromatic N) is 3. The molecular weight excluding hydrogens is 362 g/mol. The van der Waals surface area contributed by atoms with Gasteiger partial charge >= 0.3 is 0 Å². The number of amides is 1. The molecular formula is C19H27N5O2S. The van der Waals surface area contributed by atoms with Crippen LogP contribution in [0.5, 0.6) is 5.75 Å². The van der Waals surface area contributed by atoms with Crippen LogP contribution in [-0.2, 0) is 4.79 Å². The Balaban J connectivity index is 1.58. The van der Waals surface area contributed by atoms with E-state index in [0.29, 0.717) is 22.8 Å². The van der Waals surface area contributed by atoms with E-state index in [2.05, 4.69) is 29.4 Å². The highest BCUT2D eigenvalue weighted by Gasteiger charge is 2.28. The van der Waals surface area contributed by atoms with Crippen LogP contribution in [0, 0.1) is 11.8 Å². The Morgan fingerprint density at radius 3 is 2.74 bits per heavy atom. The molecule has 0 spiro atoms. The smallest absolute Gasteiger partial charge is 0.230 e. The van der Waals surface area contributed by atoms with Crippen molar-refractivity contribution in [2.75, 3.05) is 18.7 Å². The Labute approximate surface area is 164 Å². The first kappa shape index (κ1) is 19.5. The van der Waals surface area contributed by atoms with Crippen LogP contribution < -0.4 is 15.9 Å². The molecule has 8 heteroatoms. The van der Waals surface area contributed by atoms with Crippen LogP contribution >= 0.6 is 11.8 Å². The second-order valence-electron chi connectivity index (χ2n) is 7.13. The summed E-state index contributed by atoms with van der Waals surface area (Å²) >= 11 is 1.30. The van der Waals surface area contributed by atoms with Crippen LogP contribution in [0.15, 0.2) is 29.4 Å². The third kappa shape index (κ3) is 4.55. The zero-order valence-corrected chi connectivity index (χ0v) is 16.8. The van der Waals surface area contributed by atoms with Crippen LogP contribution in [0.25, 0.3) is 11.4 Å². The Hall–Kier alpha value is -2.22. The van der Waals surface area contributed by atoms with E-state index in [-0.39, 0.29) is 17.7 Å². The van der Waals surface area contributed by atoms with Crippen molar-refractivity contribution in [1.82, 2.24) is 20.2 Å². The van der Waals surface area contributed by atoms with Gasteiger partial charge in [0.05, 0.1) is 12.9 Å². The number of nitrogens with two attached hydrogens (primary N) is 1. The van der Waals surface area contributed by atoms with E-state index in [1.165, 1.54) is 29.3 Å². The van der Waals surface area contributed by atoms with Gasteiger partial charge in [-0.15, -0.1) is 10.2 Å². The standard InChI is InChI=1S/C19H27N5O2S/c1-12-5-4-6-16(13(12)2)21-17(25)11-27-19-23-22-18(24(19)20)14-7-9-15(26-3)10-8-14/h7-10,12-13,16H,4-6,11,20H2,1-3H3,(H,21,25)/t12-,13+,16+/m0/s1. The van der Waals surface area contributed by atoms with E-state index in [1.54, 1.807) is 7.11 Å². The topological polar surface area (TPSA) is 95.1 Å². The van der Waals surface area contributed by atoms with Crippen molar-refractivity contribution >= 4 is 17.7 Å². The molecule has 0 aliphatic heterocycles. The SMILES string of the molecule is COc1ccc(-c2nnc(SCC(=O)N[C@@H]3CCC[C@H](C)[C@H]3C)n2N)cc1. The third-order valence-corrected chi connectivity index (χ3v) is 6.34. The summed E-state index contributed by atoms with van der Waals surface area (Å²) in [4.78, 5) is 12.4. The van der Waals surface area contributed by atoms with Crippen molar-refractivity contribution in [1.29, 1.82) is 0 Å². The maximum absolute atomic E-state index is 12.4. The maximum atomic E-state index is 12.4. The number of nitrogens with one attached hydrogen (secondary N) is 1. The monoisotopic (exact) mass is 389 g/mol. The van der Waals surface area contributed by atoms with Gasteiger partial charge in [-0.1, -0.05) is 38.5 Å². The molecule has 1 aliphatic carbocycles. The quantitative estimate of drug-likeness (QED) is 0.583. The highest BCUT2D eigenvalue weighted by Crippen LogP contribution is 2.29. The van der Waals surface area contributed by atoms with Gasteiger partial charge < -0.3 is 15.9 Å². The number of hydrogen-bond acceptors (Lipinski definition) is 6. The number of hydrogen-bond donors (Lipinski definition) is 2. The van der Waals surface area contributed by atoms with E-state index in [9.17, 15) is 4.79 Å². The van der Waals surface area contributed by atoms with E-state index < -0.39 is 0 Å². The van der Waals surface area contributed by atoms with E-state index in [4.69, 9.17) is 10.6 Å². The largest absolute Gasteiger partial charge is 0.497 e. The van der Waals surface area contributed by atoms with Crippen molar-refractivity contribution in [2.45, 2.75) is 44.3 Å². The highest BCUT2D eigenvalue weighted by molar-refractivity contribution is 7.99. The predicted molar refractivity (Wildman–Crippen MR) is 107 cm³/mol. The van der Waals surface area contributed by atoms with Gasteiger partial charge in [-0.25, -0.2) is 4.68 Å². The van der Waals surface area contributed by atoms with Gasteiger partial charge in [-0.2, -0.15) is 0 Å². The first-order valence-electron chi connectivity index (χ1n) is 9.26. The van der Waals surface area contributed by atoms with Crippen LogP contribution in [-0.4, -0.2) is 39.7 Å². The van der Waals surface area contributed by atoms with Crippen molar-refractivity contribution in [3.8, 4) is 17.1 Å². The van der Waals surface area contributed by atoms with Gasteiger partial charge in [0.1, 0.15) is 5.75 Å². The summed E-state index contributed by atoms with van der Waals surface area (Å²) in [7, 11) is 1.62. The summed E-state index contributed by atoms with van der Waals surface area (Å²) in [5.74, 6) is 8.88. The Morgan fingerprint density at radius 2 is 2.04 bits per heavy atom. The summed E-state index contributed by atoms with van der Waals surface area (Å²) in [6.07, 6.45) is 3.47. The highest BCUT2D eigenvalue weighted by atomic mass is 32.2. The fourth-order valence-corrected chi connectivity index (χ4v) is 4.14. The number of nitrogen functional groups attached to an aromatic ring is 1. The maximum Gasteiger partial charge on any atom is 0.230 e. The number of carbonyl (C=O) groups excluding carboxylic acids is 1. The average molecular weight is 390 g/mol. The molecule has 7 nitrogen and oxygen atoms in total. The predicted octanol–water partition coefficient (Wildman–Crippen LogP) is 2.70. The number of ether oxygens (including phenoxy) is 1. The minimum atomic E-state index is 0.0138. The number of carbonyl (C=O) groups is 1. The first-order valence-corrected chi connectivity index (χ1v) is 10.2. The average Bonchev–Trinajstić information content (AvgIpc) is 3.04. The minimum Gasteiger partial charge on any atom is -0.497 e. The number of benzene rings is 1. The summed E-state index contributed by atoms with van der Waals surface area (Å²) < 4.78 is 6.58. The molecule has 1 saturated carbocycles. The second-order valence-corrected chi connectivity index (χ2v) is 8.08. The molecule has 1 aromatic heterocycles. The summed E-state index contributed by atoms with van der Waals surface area (Å²) in [5.41, 5.74) is 0.840. The summed E-state index contributed by atoms with van der Waals surface area (Å²) in [6, 6.07) is 7.69. The van der Waals surface area contributed by atoms with Crippen molar-refractivity contribution in [3.63, 3.8) is 0 Å². The normalized spacial score (nSPS) is 22.4. The molecule has 1 aliphatic rings. The van der Waals surface area contributed by atoms with Crippen LogP contribution in [0.3, 0.4) is 0 Å². The molecule has 0 radical (unpaired) electrons. The molecule has 0 unspecified atom stereocenters. The van der Waals surface area contributed by atoms with Gasteiger partial charge in [0.25, 0.3) is 0 Å². The fourth-order valence-electron chi connectivity index (χ4n) is 3.48. The number of rotatable bonds is 6. The zero-order chi connectivity index (χ0) is 19.4. The molecule has 1 amide bonds. The molecule has 0 bridgehead atoms. The molecule has 3 N–H and O–H groups in total. The number of thioether (sulfide) groups is 1. The third-order valence-electron chi connectivity index (χ3n) is 5.40. The zero-order valence-electron chi connectivity index (χ0n) is 16.0. The molecule has 1 heterocycles. The van der Waals surface area contributed by atoms with Gasteiger partial charge in [-0.3, -0.25) is 4.79 Å². The molecule has 3 atom stereocenters. The van der Waals surface area contributed by atoms with E-state index in [1.807, 2.05) is 24.3 Å². The Bertz CT molecular complexity index is 777. The Kier molecular flexibility index (Phi) is 6.26. The van der Waals surface area contributed by atoms with Gasteiger partial charge in [0.15, 0.2) is 5.82 Å². The van der Waals surface area contributed by atoms with Crippen LogP contribution in [0.1, 0.15) is 33.1 Å². The molecule has 146 valence electrons. The lowest BCUT2D eigenvalue weighted by Crippen LogP contribution is -2.44. The molecule has 1 aromatic carbocycles. The van der Waals surface area contributed by atoms with Crippen molar-refractivity contribution in [3.05, 3.63) is 24.3 Å². The van der Waals surface area contributed by atoms with Gasteiger partial charge in [0.2, 0.25) is 11.1 Å². The van der Waals surface area contributed by atoms with E-state index >= 15 is 0 Å². The van der Waals surface area contributed by atoms with E-state index in [0.717, 1.165) is 17.7 Å². The number of aromatic nitrogens is 3. The van der Waals surface area contributed by atoms with Crippen LogP contribution in [0.2, 0.25) is 0 Å². The fraction of sp³-hybridized carbons (Fsp3) is 0.526. The summed E-state index contributed by atoms with van der Waals surface area (Å²) in [5, 5.41) is 12.0. The van der Waals surface area contributed by atoms with Crippen molar-refractivity contribution < 1.29 is 9.53 Å². The lowest BCUT2D eigenvalue weighted by Gasteiger charge is -2.34. The molecule has 0 saturated heterocycles. The summed E-state index contributed by atoms with van der Waals surface area (Å²) in [6.45, 7) is 4.48. The first-order chi connectivity index (χ1) is 13.0. The van der Waals surface area contributed by atoms with Crippen molar-refractivity contribution in [2.24, 2.45) is 11.8 Å². The lowest BCUT2D eigenvalue weighted by atomic mass is 9.78. The second kappa shape index (κ2) is 8.65. The number of methoxy groups -OCH3 is 1. The van der Waals surface area contributed by atoms with Gasteiger partial charge in [0, 0.05) is 11.6 Å². The lowest BCUT2D eigenvalue weighted by molar-refractivity contribution is -0.120. The molecule has 1 fully saturated rings. The molecule has 2 aromatic rings. The minimum absolute atomic E-state index is 0.0138. The molecule has 27 heavy (non-hydrogen) atoms. The van der Waals surface area contributed by atoms with Gasteiger partial charge in [-0.05, 0) is 42.5 Å². The molecule has 3 rings (SSSR count). The Morgan fingerprint density at radius 1 is 1.30 bits per heavy atom.